The van der Waals surface area contributed by atoms with Crippen molar-refractivity contribution in [3.8, 4) is 0 Å². The monoisotopic (exact) mass is 223 g/mol. The Hall–Kier alpha value is -0.790. The van der Waals surface area contributed by atoms with Gasteiger partial charge in [0.05, 0.1) is 0 Å². The molecule has 0 saturated carbocycles. The molecule has 0 aliphatic heterocycles. The summed E-state index contributed by atoms with van der Waals surface area (Å²) in [7, 11) is 0. The second-order valence-electron chi connectivity index (χ2n) is 2.66. The first-order chi connectivity index (χ1) is 6.45. The van der Waals surface area contributed by atoms with Crippen molar-refractivity contribution >= 4 is 23.7 Å². The van der Waals surface area contributed by atoms with Crippen molar-refractivity contribution in [2.24, 2.45) is 5.73 Å². The molecule has 0 rings (SSSR count). The molecule has 2 atom stereocenters. The first-order valence-corrected chi connectivity index (χ1v) is 5.07. The van der Waals surface area contributed by atoms with E-state index < -0.39 is 24.1 Å². The highest BCUT2D eigenvalue weighted by Gasteiger charge is 2.14. The van der Waals surface area contributed by atoms with Crippen LogP contribution >= 0.6 is 11.8 Å². The Morgan fingerprint density at radius 2 is 1.86 bits per heavy atom. The van der Waals surface area contributed by atoms with E-state index in [1.807, 2.05) is 0 Å². The molecule has 0 radical (unpaired) electrons. The Kier molecular flexibility index (Phi) is 6.26. The van der Waals surface area contributed by atoms with Crippen LogP contribution in [0.25, 0.3) is 0 Å². The van der Waals surface area contributed by atoms with Gasteiger partial charge in [0.25, 0.3) is 0 Å². The van der Waals surface area contributed by atoms with Crippen molar-refractivity contribution in [1.82, 2.24) is 0 Å². The predicted molar refractivity (Wildman–Crippen MR) is 51.2 cm³/mol. The number of carbonyl (C=O) groups is 2. The molecule has 82 valence electrons. The van der Waals surface area contributed by atoms with Gasteiger partial charge in [0.1, 0.15) is 6.04 Å². The van der Waals surface area contributed by atoms with E-state index in [9.17, 15) is 9.59 Å². The molecule has 0 aliphatic rings. The molecule has 14 heavy (non-hydrogen) atoms. The summed E-state index contributed by atoms with van der Waals surface area (Å²) in [6.07, 6.45) is -1.15. The number of aliphatic carboxylic acids is 2. The molecule has 1 unspecified atom stereocenters. The molecule has 0 aromatic rings. The molecular formula is C7H13NO5S. The third kappa shape index (κ3) is 5.79. The molecule has 0 heterocycles. The van der Waals surface area contributed by atoms with E-state index in [1.165, 1.54) is 0 Å². The van der Waals surface area contributed by atoms with E-state index in [2.05, 4.69) is 0 Å². The van der Waals surface area contributed by atoms with Crippen LogP contribution in [0.5, 0.6) is 0 Å². The molecule has 0 aromatic carbocycles. The maximum atomic E-state index is 10.3. The highest BCUT2D eigenvalue weighted by Crippen LogP contribution is 2.06. The standard InChI is InChI=1S/C7H13NO5S/c8-4(6(10)11)1-2-14-3-5(9)7(12)13/h4-5,9H,1-3,8H2,(H,10,11)(H,12,13)/t4-,5?/m0/s1. The van der Waals surface area contributed by atoms with Gasteiger partial charge >= 0.3 is 11.9 Å². The van der Waals surface area contributed by atoms with Gasteiger partial charge < -0.3 is 21.1 Å². The van der Waals surface area contributed by atoms with Crippen LogP contribution in [0, 0.1) is 0 Å². The lowest BCUT2D eigenvalue weighted by molar-refractivity contribution is -0.145. The summed E-state index contributed by atoms with van der Waals surface area (Å²) in [5.41, 5.74) is 5.20. The van der Waals surface area contributed by atoms with Gasteiger partial charge in [-0.25, -0.2) is 4.79 Å². The largest absolute Gasteiger partial charge is 0.480 e. The summed E-state index contributed by atoms with van der Waals surface area (Å²) >= 11 is 1.16. The fraction of sp³-hybridized carbons (Fsp3) is 0.714. The van der Waals surface area contributed by atoms with Crippen LogP contribution in [0.4, 0.5) is 0 Å². The summed E-state index contributed by atoms with van der Waals surface area (Å²) in [6.45, 7) is 0. The van der Waals surface area contributed by atoms with Crippen LogP contribution in [-0.2, 0) is 9.59 Å². The second-order valence-corrected chi connectivity index (χ2v) is 3.81. The maximum absolute atomic E-state index is 10.3. The molecule has 7 heteroatoms. The Labute approximate surface area is 85.1 Å². The Morgan fingerprint density at radius 3 is 2.29 bits per heavy atom. The zero-order chi connectivity index (χ0) is 11.1. The van der Waals surface area contributed by atoms with E-state index in [1.54, 1.807) is 0 Å². The van der Waals surface area contributed by atoms with E-state index in [4.69, 9.17) is 21.1 Å². The molecule has 5 N–H and O–H groups in total. The SMILES string of the molecule is N[C@@H](CCSCC(O)C(=O)O)C(=O)O. The lowest BCUT2D eigenvalue weighted by atomic mass is 10.2. The van der Waals surface area contributed by atoms with Gasteiger partial charge in [0, 0.05) is 5.75 Å². The van der Waals surface area contributed by atoms with Crippen LogP contribution in [0.1, 0.15) is 6.42 Å². The molecular weight excluding hydrogens is 210 g/mol. The van der Waals surface area contributed by atoms with Crippen LogP contribution in [0.15, 0.2) is 0 Å². The molecule has 0 spiro atoms. The minimum absolute atomic E-state index is 0.0433. The van der Waals surface area contributed by atoms with Crippen molar-refractivity contribution in [2.75, 3.05) is 11.5 Å². The van der Waals surface area contributed by atoms with Crippen LogP contribution < -0.4 is 5.73 Å². The lowest BCUT2D eigenvalue weighted by Crippen LogP contribution is -2.30. The number of thioether (sulfide) groups is 1. The zero-order valence-electron chi connectivity index (χ0n) is 7.42. The molecule has 0 fully saturated rings. The fourth-order valence-corrected chi connectivity index (χ4v) is 1.55. The molecule has 6 nitrogen and oxygen atoms in total. The highest BCUT2D eigenvalue weighted by molar-refractivity contribution is 7.99. The van der Waals surface area contributed by atoms with Crippen LogP contribution in [0.3, 0.4) is 0 Å². The topological polar surface area (TPSA) is 121 Å². The number of carboxylic acid groups (broad SMARTS) is 2. The van der Waals surface area contributed by atoms with Crippen molar-refractivity contribution in [3.63, 3.8) is 0 Å². The number of aliphatic hydroxyl groups excluding tert-OH is 1. The first-order valence-electron chi connectivity index (χ1n) is 3.92. The summed E-state index contributed by atoms with van der Waals surface area (Å²) < 4.78 is 0. The van der Waals surface area contributed by atoms with Gasteiger partial charge in [-0.3, -0.25) is 4.79 Å². The van der Waals surface area contributed by atoms with E-state index in [0.29, 0.717) is 5.75 Å². The van der Waals surface area contributed by atoms with Crippen molar-refractivity contribution in [3.05, 3.63) is 0 Å². The molecule has 0 bridgehead atoms. The molecule has 0 aromatic heterocycles. The quantitative estimate of drug-likeness (QED) is 0.407. The summed E-state index contributed by atoms with van der Waals surface area (Å²) in [5, 5.41) is 25.5. The van der Waals surface area contributed by atoms with Gasteiger partial charge in [-0.15, -0.1) is 0 Å². The highest BCUT2D eigenvalue weighted by atomic mass is 32.2. The second kappa shape index (κ2) is 6.63. The average molecular weight is 223 g/mol. The van der Waals surface area contributed by atoms with Gasteiger partial charge in [-0.2, -0.15) is 11.8 Å². The van der Waals surface area contributed by atoms with E-state index in [0.717, 1.165) is 11.8 Å². The molecule has 0 aliphatic carbocycles. The third-order valence-electron chi connectivity index (χ3n) is 1.45. The first kappa shape index (κ1) is 13.2. The predicted octanol–water partition coefficient (Wildman–Crippen LogP) is -1.03. The number of carboxylic acids is 2. The normalized spacial score (nSPS) is 14.7. The van der Waals surface area contributed by atoms with Gasteiger partial charge in [-0.1, -0.05) is 0 Å². The molecule has 0 amide bonds. The number of hydrogen-bond acceptors (Lipinski definition) is 5. The van der Waals surface area contributed by atoms with Gasteiger partial charge in [-0.05, 0) is 12.2 Å². The number of aliphatic hydroxyl groups is 1. The Bertz CT molecular complexity index is 188. The van der Waals surface area contributed by atoms with E-state index >= 15 is 0 Å². The van der Waals surface area contributed by atoms with Crippen LogP contribution in [0.2, 0.25) is 0 Å². The average Bonchev–Trinajstić information content (AvgIpc) is 2.11. The van der Waals surface area contributed by atoms with E-state index in [-0.39, 0.29) is 12.2 Å². The fourth-order valence-electron chi connectivity index (χ4n) is 0.600. The number of rotatable bonds is 7. The summed E-state index contributed by atoms with van der Waals surface area (Å²) in [5.74, 6) is -1.90. The maximum Gasteiger partial charge on any atom is 0.333 e. The van der Waals surface area contributed by atoms with Gasteiger partial charge in [0.2, 0.25) is 0 Å². The van der Waals surface area contributed by atoms with Crippen LogP contribution in [-0.4, -0.2) is 50.9 Å². The minimum atomic E-state index is -1.40. The lowest BCUT2D eigenvalue weighted by Gasteiger charge is -2.07. The number of hydrogen-bond donors (Lipinski definition) is 4. The Morgan fingerprint density at radius 1 is 1.29 bits per heavy atom. The van der Waals surface area contributed by atoms with Crippen molar-refractivity contribution < 1.29 is 24.9 Å². The van der Waals surface area contributed by atoms with Gasteiger partial charge in [0.15, 0.2) is 6.10 Å². The summed E-state index contributed by atoms with van der Waals surface area (Å²) in [4.78, 5) is 20.4. The molecule has 0 saturated heterocycles. The smallest absolute Gasteiger partial charge is 0.333 e. The van der Waals surface area contributed by atoms with Crippen molar-refractivity contribution in [1.29, 1.82) is 0 Å². The Balaban J connectivity index is 3.47. The number of nitrogens with two attached hydrogens (primary N) is 1. The van der Waals surface area contributed by atoms with Crippen molar-refractivity contribution in [2.45, 2.75) is 18.6 Å². The minimum Gasteiger partial charge on any atom is -0.480 e. The zero-order valence-corrected chi connectivity index (χ0v) is 8.24. The summed E-state index contributed by atoms with van der Waals surface area (Å²) in [6, 6.07) is -0.926. The third-order valence-corrected chi connectivity index (χ3v) is 2.53.